The molecule has 0 N–H and O–H groups in total. The smallest absolute Gasteiger partial charge is 0.0340 e. The van der Waals surface area contributed by atoms with Crippen LogP contribution in [0.3, 0.4) is 0 Å². The summed E-state index contributed by atoms with van der Waals surface area (Å²) in [6.07, 6.45) is 3.60. The molecule has 1 fully saturated rings. The Hall–Kier alpha value is -0.640. The van der Waals surface area contributed by atoms with E-state index in [2.05, 4.69) is 105 Å². The van der Waals surface area contributed by atoms with Crippen molar-refractivity contribution in [2.75, 3.05) is 6.54 Å². The fourth-order valence-electron chi connectivity index (χ4n) is 3.63. The Balaban J connectivity index is 1.48. The van der Waals surface area contributed by atoms with Gasteiger partial charge < -0.3 is 0 Å². The average molecular weight is 479 g/mol. The van der Waals surface area contributed by atoms with E-state index in [4.69, 9.17) is 0 Å². The van der Waals surface area contributed by atoms with E-state index < -0.39 is 0 Å². The molecule has 1 saturated carbocycles. The lowest BCUT2D eigenvalue weighted by molar-refractivity contribution is 0.210. The minimum atomic E-state index is 0.573. The summed E-state index contributed by atoms with van der Waals surface area (Å²) in [7, 11) is 0. The zero-order chi connectivity index (χ0) is 18.5. The van der Waals surface area contributed by atoms with Gasteiger partial charge in [-0.1, -0.05) is 86.5 Å². The second-order valence-electron chi connectivity index (χ2n) is 7.70. The van der Waals surface area contributed by atoms with E-state index in [1.165, 1.54) is 29.5 Å². The van der Waals surface area contributed by atoms with Gasteiger partial charge in [0.15, 0.2) is 0 Å². The molecule has 1 aliphatic carbocycles. The van der Waals surface area contributed by atoms with Gasteiger partial charge in [0, 0.05) is 22.2 Å². The van der Waals surface area contributed by atoms with Gasteiger partial charge in [0.05, 0.1) is 0 Å². The van der Waals surface area contributed by atoms with E-state index in [0.717, 1.165) is 19.5 Å². The van der Waals surface area contributed by atoms with Gasteiger partial charge in [-0.3, -0.25) is 4.90 Å². The first-order chi connectivity index (χ1) is 12.5. The van der Waals surface area contributed by atoms with E-state index in [1.54, 1.807) is 0 Å². The molecule has 0 saturated heterocycles. The lowest BCUT2D eigenvalue weighted by Crippen LogP contribution is -2.35. The molecule has 0 bridgehead atoms. The zero-order valence-corrected chi connectivity index (χ0v) is 18.9. The minimum Gasteiger partial charge on any atom is -0.297 e. The number of halogens is 2. The lowest BCUT2D eigenvalue weighted by Gasteiger charge is -2.38. The van der Waals surface area contributed by atoms with Gasteiger partial charge in [-0.15, -0.1) is 0 Å². The second-order valence-corrected chi connectivity index (χ2v) is 9.93. The molecule has 2 aromatic carbocycles. The molecule has 3 rings (SSSR count). The molecular formula is C23H29Br2N. The highest BCUT2D eigenvalue weighted by Gasteiger charge is 2.38. The van der Waals surface area contributed by atoms with Crippen LogP contribution in [-0.2, 0) is 13.0 Å². The molecule has 0 spiro atoms. The highest BCUT2D eigenvalue weighted by molar-refractivity contribution is 9.12. The van der Waals surface area contributed by atoms with Crippen molar-refractivity contribution in [1.82, 2.24) is 4.90 Å². The molecule has 3 unspecified atom stereocenters. The molecule has 140 valence electrons. The van der Waals surface area contributed by atoms with Crippen LogP contribution >= 0.6 is 31.9 Å². The van der Waals surface area contributed by atoms with Crippen molar-refractivity contribution >= 4 is 31.9 Å². The molecule has 0 aliphatic heterocycles. The highest BCUT2D eigenvalue weighted by Crippen LogP contribution is 2.46. The van der Waals surface area contributed by atoms with E-state index in [1.807, 2.05) is 0 Å². The number of alkyl halides is 2. The summed E-state index contributed by atoms with van der Waals surface area (Å²) in [5.74, 6) is 0.663. The summed E-state index contributed by atoms with van der Waals surface area (Å²) >= 11 is 7.50. The van der Waals surface area contributed by atoms with Crippen LogP contribution in [0.1, 0.15) is 49.3 Å². The van der Waals surface area contributed by atoms with Gasteiger partial charge in [0.2, 0.25) is 0 Å². The van der Waals surface area contributed by atoms with E-state index >= 15 is 0 Å². The van der Waals surface area contributed by atoms with Gasteiger partial charge in [-0.2, -0.15) is 0 Å². The molecule has 3 heteroatoms. The summed E-state index contributed by atoms with van der Waals surface area (Å²) in [5, 5.41) is 0. The van der Waals surface area contributed by atoms with Crippen LogP contribution in [0.5, 0.6) is 0 Å². The van der Waals surface area contributed by atoms with Crippen LogP contribution in [0, 0.1) is 0 Å². The third-order valence-corrected chi connectivity index (χ3v) is 8.42. The summed E-state index contributed by atoms with van der Waals surface area (Å²) < 4.78 is 0. The van der Waals surface area contributed by atoms with Crippen molar-refractivity contribution in [3.05, 3.63) is 71.3 Å². The molecule has 0 aromatic heterocycles. The van der Waals surface area contributed by atoms with Crippen LogP contribution in [0.4, 0.5) is 0 Å². The van der Waals surface area contributed by atoms with E-state index in [9.17, 15) is 0 Å². The van der Waals surface area contributed by atoms with E-state index in [0.29, 0.717) is 21.6 Å². The predicted molar refractivity (Wildman–Crippen MR) is 120 cm³/mol. The van der Waals surface area contributed by atoms with Crippen LogP contribution in [0.25, 0.3) is 0 Å². The summed E-state index contributed by atoms with van der Waals surface area (Å²) in [6, 6.07) is 20.7. The Morgan fingerprint density at radius 3 is 2.23 bits per heavy atom. The maximum atomic E-state index is 3.79. The molecule has 0 amide bonds. The molecule has 2 aromatic rings. The van der Waals surface area contributed by atoms with Gasteiger partial charge in [0.25, 0.3) is 0 Å². The first-order valence-electron chi connectivity index (χ1n) is 9.69. The van der Waals surface area contributed by atoms with Crippen LogP contribution in [0.15, 0.2) is 54.6 Å². The number of rotatable bonds is 8. The fourth-order valence-corrected chi connectivity index (χ4v) is 5.14. The standard InChI is InChI=1S/C23H29Br2N/c1-17(2)26(16-19-7-4-3-5-8-19)14-6-9-18-10-12-20(13-11-18)21-15-22(24)23(21)25/h3-5,7-8,10-13,17,21-23H,6,9,14-16H2,1-2H3. The Labute approximate surface area is 175 Å². The number of hydrogen-bond donors (Lipinski definition) is 0. The quantitative estimate of drug-likeness (QED) is 0.389. The Morgan fingerprint density at radius 1 is 0.962 bits per heavy atom. The summed E-state index contributed by atoms with van der Waals surface area (Å²) in [4.78, 5) is 3.77. The van der Waals surface area contributed by atoms with Crippen LogP contribution in [-0.4, -0.2) is 27.1 Å². The first kappa shape index (κ1) is 20.1. The Morgan fingerprint density at radius 2 is 1.65 bits per heavy atom. The van der Waals surface area contributed by atoms with Crippen molar-refractivity contribution < 1.29 is 0 Å². The lowest BCUT2D eigenvalue weighted by atomic mass is 9.79. The third-order valence-electron chi connectivity index (χ3n) is 5.49. The normalized spacial score (nSPS) is 22.6. The molecule has 1 nitrogen and oxygen atoms in total. The highest BCUT2D eigenvalue weighted by atomic mass is 79.9. The molecular weight excluding hydrogens is 450 g/mol. The number of hydrogen-bond acceptors (Lipinski definition) is 1. The SMILES string of the molecule is CC(C)N(CCCc1ccc(C2CC(Br)C2Br)cc1)Cc1ccccc1. The van der Waals surface area contributed by atoms with Crippen LogP contribution in [0.2, 0.25) is 0 Å². The maximum absolute atomic E-state index is 3.79. The third kappa shape index (κ3) is 5.21. The topological polar surface area (TPSA) is 3.24 Å². The number of nitrogens with zero attached hydrogens (tertiary/aromatic N) is 1. The zero-order valence-electron chi connectivity index (χ0n) is 15.7. The number of aryl methyl sites for hydroxylation is 1. The molecule has 26 heavy (non-hydrogen) atoms. The average Bonchev–Trinajstić information content (AvgIpc) is 2.66. The second kappa shape index (κ2) is 9.52. The maximum Gasteiger partial charge on any atom is 0.0340 e. The van der Waals surface area contributed by atoms with Crippen molar-refractivity contribution in [3.63, 3.8) is 0 Å². The largest absolute Gasteiger partial charge is 0.297 e. The van der Waals surface area contributed by atoms with E-state index in [-0.39, 0.29) is 0 Å². The van der Waals surface area contributed by atoms with Gasteiger partial charge in [-0.25, -0.2) is 0 Å². The molecule has 1 aliphatic rings. The monoisotopic (exact) mass is 477 g/mol. The van der Waals surface area contributed by atoms with Gasteiger partial charge in [-0.05, 0) is 62.3 Å². The van der Waals surface area contributed by atoms with Crippen molar-refractivity contribution in [2.24, 2.45) is 0 Å². The molecule has 3 atom stereocenters. The van der Waals surface area contributed by atoms with Gasteiger partial charge in [0.1, 0.15) is 0 Å². The molecule has 0 heterocycles. The van der Waals surface area contributed by atoms with Crippen molar-refractivity contribution in [1.29, 1.82) is 0 Å². The Bertz CT molecular complexity index is 668. The minimum absolute atomic E-state index is 0.573. The summed E-state index contributed by atoms with van der Waals surface area (Å²) in [6.45, 7) is 6.78. The van der Waals surface area contributed by atoms with Crippen LogP contribution < -0.4 is 0 Å². The van der Waals surface area contributed by atoms with Crippen molar-refractivity contribution in [3.8, 4) is 0 Å². The Kier molecular flexibility index (Phi) is 7.36. The molecule has 0 radical (unpaired) electrons. The van der Waals surface area contributed by atoms with Crippen molar-refractivity contribution in [2.45, 2.75) is 61.3 Å². The van der Waals surface area contributed by atoms with Gasteiger partial charge >= 0.3 is 0 Å². The predicted octanol–water partition coefficient (Wildman–Crippen LogP) is 6.54. The fraction of sp³-hybridized carbons (Fsp3) is 0.478. The number of benzene rings is 2. The first-order valence-corrected chi connectivity index (χ1v) is 11.5. The summed E-state index contributed by atoms with van der Waals surface area (Å²) in [5.41, 5.74) is 4.33.